The fourth-order valence-corrected chi connectivity index (χ4v) is 2.17. The number of primary amides is 1. The van der Waals surface area contributed by atoms with Crippen molar-refractivity contribution in [2.75, 3.05) is 0 Å². The number of para-hydroxylation sites is 1. The van der Waals surface area contributed by atoms with Crippen LogP contribution in [-0.2, 0) is 11.4 Å². The number of carbonyl (C=O) groups excluding carboxylic acids is 1. The summed E-state index contributed by atoms with van der Waals surface area (Å²) in [6.45, 7) is 3.99. The van der Waals surface area contributed by atoms with Crippen LogP contribution in [0.25, 0.3) is 0 Å². The Kier molecular flexibility index (Phi) is 4.62. The number of aryl methyl sites for hydroxylation is 1. The van der Waals surface area contributed by atoms with Gasteiger partial charge in [0.2, 0.25) is 11.1 Å². The molecule has 2 aromatic rings. The first-order chi connectivity index (χ1) is 9.56. The van der Waals surface area contributed by atoms with Crippen molar-refractivity contribution in [1.29, 1.82) is 0 Å². The van der Waals surface area contributed by atoms with E-state index in [4.69, 9.17) is 10.5 Å². The number of hydrogen-bond donors (Lipinski definition) is 2. The molecule has 0 aliphatic heterocycles. The molecule has 0 saturated carbocycles. The van der Waals surface area contributed by atoms with Crippen LogP contribution in [0.15, 0.2) is 29.4 Å². The first-order valence-electron chi connectivity index (χ1n) is 6.12. The molecule has 0 fully saturated rings. The summed E-state index contributed by atoms with van der Waals surface area (Å²) in [6.07, 6.45) is 0. The Morgan fingerprint density at radius 2 is 2.25 bits per heavy atom. The molecule has 1 amide bonds. The summed E-state index contributed by atoms with van der Waals surface area (Å²) in [5.74, 6) is 1.02. The summed E-state index contributed by atoms with van der Waals surface area (Å²) in [5.41, 5.74) is 6.25. The molecule has 0 saturated heterocycles. The summed E-state index contributed by atoms with van der Waals surface area (Å²) in [7, 11) is 0. The summed E-state index contributed by atoms with van der Waals surface area (Å²) in [6, 6.07) is 7.75. The van der Waals surface area contributed by atoms with Gasteiger partial charge in [0.1, 0.15) is 12.4 Å². The molecular weight excluding hydrogens is 276 g/mol. The zero-order valence-corrected chi connectivity index (χ0v) is 12.1. The summed E-state index contributed by atoms with van der Waals surface area (Å²) < 4.78 is 5.65. The van der Waals surface area contributed by atoms with Gasteiger partial charge >= 0.3 is 0 Å². The smallest absolute Gasteiger partial charge is 0.230 e. The van der Waals surface area contributed by atoms with Gasteiger partial charge in [-0.1, -0.05) is 30.0 Å². The van der Waals surface area contributed by atoms with E-state index in [0.717, 1.165) is 11.3 Å². The molecule has 0 bridgehead atoms. The van der Waals surface area contributed by atoms with Crippen molar-refractivity contribution < 1.29 is 9.53 Å². The van der Waals surface area contributed by atoms with E-state index in [2.05, 4.69) is 15.2 Å². The van der Waals surface area contributed by atoms with Gasteiger partial charge in [0.05, 0.1) is 5.25 Å². The Bertz CT molecular complexity index is 600. The van der Waals surface area contributed by atoms with Gasteiger partial charge in [-0.05, 0) is 25.5 Å². The predicted molar refractivity (Wildman–Crippen MR) is 76.4 cm³/mol. The molecule has 0 radical (unpaired) electrons. The maximum atomic E-state index is 11.0. The molecule has 0 aliphatic carbocycles. The highest BCUT2D eigenvalue weighted by Gasteiger charge is 2.14. The highest BCUT2D eigenvalue weighted by molar-refractivity contribution is 8.00. The summed E-state index contributed by atoms with van der Waals surface area (Å²) in [4.78, 5) is 15.2. The van der Waals surface area contributed by atoms with E-state index in [-0.39, 0.29) is 5.25 Å². The van der Waals surface area contributed by atoms with Crippen LogP contribution in [0.1, 0.15) is 18.3 Å². The van der Waals surface area contributed by atoms with Crippen molar-refractivity contribution in [3.63, 3.8) is 0 Å². The van der Waals surface area contributed by atoms with Gasteiger partial charge < -0.3 is 10.5 Å². The first kappa shape index (κ1) is 14.4. The van der Waals surface area contributed by atoms with Crippen molar-refractivity contribution in [3.05, 3.63) is 35.7 Å². The third kappa shape index (κ3) is 3.74. The van der Waals surface area contributed by atoms with Gasteiger partial charge in [0, 0.05) is 0 Å². The average molecular weight is 292 g/mol. The number of amides is 1. The topological polar surface area (TPSA) is 93.9 Å². The Morgan fingerprint density at radius 3 is 2.95 bits per heavy atom. The highest BCUT2D eigenvalue weighted by atomic mass is 32.2. The molecule has 6 nitrogen and oxygen atoms in total. The Labute approximate surface area is 121 Å². The van der Waals surface area contributed by atoms with Gasteiger partial charge in [-0.15, -0.1) is 5.10 Å². The summed E-state index contributed by atoms with van der Waals surface area (Å²) >= 11 is 1.21. The van der Waals surface area contributed by atoms with Gasteiger partial charge in [-0.3, -0.25) is 9.89 Å². The number of rotatable bonds is 6. The van der Waals surface area contributed by atoms with Gasteiger partial charge in [0.25, 0.3) is 0 Å². The number of nitrogens with one attached hydrogen (secondary N) is 1. The SMILES string of the molecule is Cc1ccccc1OCc1nc(S[C@@H](C)C(N)=O)n[nH]1. The third-order valence-corrected chi connectivity index (χ3v) is 3.63. The predicted octanol–water partition coefficient (Wildman–Crippen LogP) is 1.66. The van der Waals surface area contributed by atoms with E-state index in [0.29, 0.717) is 17.6 Å². The highest BCUT2D eigenvalue weighted by Crippen LogP contribution is 2.20. The van der Waals surface area contributed by atoms with Crippen LogP contribution in [0, 0.1) is 6.92 Å². The molecule has 0 spiro atoms. The van der Waals surface area contributed by atoms with E-state index in [1.54, 1.807) is 6.92 Å². The van der Waals surface area contributed by atoms with Crippen molar-refractivity contribution in [2.45, 2.75) is 30.9 Å². The van der Waals surface area contributed by atoms with Crippen LogP contribution in [-0.4, -0.2) is 26.3 Å². The third-order valence-electron chi connectivity index (χ3n) is 2.65. The number of nitrogens with two attached hydrogens (primary N) is 1. The van der Waals surface area contributed by atoms with Crippen molar-refractivity contribution in [2.24, 2.45) is 5.73 Å². The van der Waals surface area contributed by atoms with Gasteiger partial charge in [-0.2, -0.15) is 0 Å². The van der Waals surface area contributed by atoms with Crippen LogP contribution >= 0.6 is 11.8 Å². The fourth-order valence-electron chi connectivity index (χ4n) is 1.48. The van der Waals surface area contributed by atoms with Crippen LogP contribution in [0.5, 0.6) is 5.75 Å². The lowest BCUT2D eigenvalue weighted by molar-refractivity contribution is -0.117. The molecule has 1 aromatic heterocycles. The van der Waals surface area contributed by atoms with Crippen LogP contribution in [0.4, 0.5) is 0 Å². The zero-order chi connectivity index (χ0) is 14.5. The van der Waals surface area contributed by atoms with E-state index >= 15 is 0 Å². The number of nitrogens with zero attached hydrogens (tertiary/aromatic N) is 2. The number of benzene rings is 1. The van der Waals surface area contributed by atoms with Crippen molar-refractivity contribution >= 4 is 17.7 Å². The maximum absolute atomic E-state index is 11.0. The van der Waals surface area contributed by atoms with Crippen molar-refractivity contribution in [1.82, 2.24) is 15.2 Å². The minimum Gasteiger partial charge on any atom is -0.485 e. The molecule has 20 heavy (non-hydrogen) atoms. The molecular formula is C13H16N4O2S. The second-order valence-electron chi connectivity index (χ2n) is 4.28. The minimum absolute atomic E-state index is 0.295. The van der Waals surface area contributed by atoms with Crippen molar-refractivity contribution in [3.8, 4) is 5.75 Å². The van der Waals surface area contributed by atoms with Crippen LogP contribution in [0.3, 0.4) is 0 Å². The molecule has 2 rings (SSSR count). The Hall–Kier alpha value is -2.02. The molecule has 0 unspecified atom stereocenters. The largest absolute Gasteiger partial charge is 0.485 e. The number of thioether (sulfide) groups is 1. The average Bonchev–Trinajstić information content (AvgIpc) is 2.85. The lowest BCUT2D eigenvalue weighted by Gasteiger charge is -2.06. The monoisotopic (exact) mass is 292 g/mol. The fraction of sp³-hybridized carbons (Fsp3) is 0.308. The van der Waals surface area contributed by atoms with E-state index in [1.807, 2.05) is 31.2 Å². The lowest BCUT2D eigenvalue weighted by Crippen LogP contribution is -2.22. The van der Waals surface area contributed by atoms with E-state index in [9.17, 15) is 4.79 Å². The molecule has 0 aliphatic rings. The Morgan fingerprint density at radius 1 is 1.50 bits per heavy atom. The standard InChI is InChI=1S/C13H16N4O2S/c1-8-5-3-4-6-10(8)19-7-11-15-13(17-16-11)20-9(2)12(14)18/h3-6,9H,7H2,1-2H3,(H2,14,18)(H,15,16,17)/t9-/m0/s1. The molecule has 1 aromatic carbocycles. The number of ether oxygens (including phenoxy) is 1. The normalized spacial score (nSPS) is 12.1. The van der Waals surface area contributed by atoms with Gasteiger partial charge in [-0.25, -0.2) is 4.98 Å². The minimum atomic E-state index is -0.391. The number of hydrogen-bond acceptors (Lipinski definition) is 5. The number of aromatic nitrogens is 3. The zero-order valence-electron chi connectivity index (χ0n) is 11.3. The van der Waals surface area contributed by atoms with E-state index in [1.165, 1.54) is 11.8 Å². The molecule has 106 valence electrons. The summed E-state index contributed by atoms with van der Waals surface area (Å²) in [5, 5.41) is 6.91. The second-order valence-corrected chi connectivity index (χ2v) is 5.59. The quantitative estimate of drug-likeness (QED) is 0.790. The van der Waals surface area contributed by atoms with Gasteiger partial charge in [0.15, 0.2) is 5.82 Å². The number of H-pyrrole nitrogens is 1. The maximum Gasteiger partial charge on any atom is 0.230 e. The second kappa shape index (κ2) is 6.42. The molecule has 1 heterocycles. The Balaban J connectivity index is 1.93. The molecule has 1 atom stereocenters. The first-order valence-corrected chi connectivity index (χ1v) is 7.00. The lowest BCUT2D eigenvalue weighted by atomic mass is 10.2. The number of aromatic amines is 1. The molecule has 3 N–H and O–H groups in total. The van der Waals surface area contributed by atoms with E-state index < -0.39 is 5.91 Å². The van der Waals surface area contributed by atoms with Crippen LogP contribution < -0.4 is 10.5 Å². The number of carbonyl (C=O) groups is 1. The molecule has 7 heteroatoms. The van der Waals surface area contributed by atoms with Crippen LogP contribution in [0.2, 0.25) is 0 Å².